The molecule has 0 saturated carbocycles. The first-order valence-electron chi connectivity index (χ1n) is 6.23. The number of thioether (sulfide) groups is 1. The average Bonchev–Trinajstić information content (AvgIpc) is 2.30. The molecule has 104 valence electrons. The summed E-state index contributed by atoms with van der Waals surface area (Å²) >= 11 is 1.83. The lowest BCUT2D eigenvalue weighted by molar-refractivity contribution is -0.121. The van der Waals surface area contributed by atoms with E-state index in [2.05, 4.69) is 18.5 Å². The third-order valence-electron chi connectivity index (χ3n) is 2.56. The molecule has 3 nitrogen and oxygen atoms in total. The van der Waals surface area contributed by atoms with Gasteiger partial charge in [-0.05, 0) is 31.3 Å². The monoisotopic (exact) mass is 282 g/mol. The standard InChI is InChI=1S/C12H26N2OS.ClH/c1-3-4-7-11(10-13)14-12(15)8-5-6-9-16-2;/h11H,3-10,13H2,1-2H3,(H,14,15);1H. The number of hydrogen-bond donors (Lipinski definition) is 2. The maximum absolute atomic E-state index is 11.6. The smallest absolute Gasteiger partial charge is 0.220 e. The number of halogens is 1. The van der Waals surface area contributed by atoms with Crippen LogP contribution in [0.5, 0.6) is 0 Å². The zero-order valence-corrected chi connectivity index (χ0v) is 12.7. The van der Waals surface area contributed by atoms with Crippen LogP contribution in [0.1, 0.15) is 45.4 Å². The molecule has 0 rings (SSSR count). The second kappa shape index (κ2) is 14.1. The molecule has 0 bridgehead atoms. The summed E-state index contributed by atoms with van der Waals surface area (Å²) in [6.45, 7) is 2.70. The Morgan fingerprint density at radius 3 is 2.59 bits per heavy atom. The van der Waals surface area contributed by atoms with Gasteiger partial charge in [-0.1, -0.05) is 19.8 Å². The van der Waals surface area contributed by atoms with Crippen molar-refractivity contribution in [2.75, 3.05) is 18.6 Å². The second-order valence-corrected chi connectivity index (χ2v) is 5.08. The van der Waals surface area contributed by atoms with E-state index in [0.29, 0.717) is 13.0 Å². The van der Waals surface area contributed by atoms with Crippen molar-refractivity contribution in [3.8, 4) is 0 Å². The first-order valence-corrected chi connectivity index (χ1v) is 7.62. The summed E-state index contributed by atoms with van der Waals surface area (Å²) in [4.78, 5) is 11.6. The molecule has 0 radical (unpaired) electrons. The van der Waals surface area contributed by atoms with Crippen molar-refractivity contribution in [1.82, 2.24) is 5.32 Å². The van der Waals surface area contributed by atoms with Crippen LogP contribution < -0.4 is 11.1 Å². The average molecular weight is 283 g/mol. The Labute approximate surface area is 116 Å². The molecule has 0 aliphatic heterocycles. The van der Waals surface area contributed by atoms with Crippen molar-refractivity contribution in [1.29, 1.82) is 0 Å². The van der Waals surface area contributed by atoms with E-state index < -0.39 is 0 Å². The molecule has 0 aromatic heterocycles. The highest BCUT2D eigenvalue weighted by Crippen LogP contribution is 2.04. The van der Waals surface area contributed by atoms with E-state index in [-0.39, 0.29) is 24.4 Å². The fourth-order valence-electron chi connectivity index (χ4n) is 1.53. The van der Waals surface area contributed by atoms with Gasteiger partial charge >= 0.3 is 0 Å². The molecule has 0 spiro atoms. The zero-order valence-electron chi connectivity index (χ0n) is 11.0. The van der Waals surface area contributed by atoms with Crippen LogP contribution >= 0.6 is 24.2 Å². The van der Waals surface area contributed by atoms with Gasteiger partial charge in [0.1, 0.15) is 0 Å². The number of carbonyl (C=O) groups excluding carboxylic acids is 1. The number of rotatable bonds is 10. The maximum atomic E-state index is 11.6. The molecule has 5 heteroatoms. The summed E-state index contributed by atoms with van der Waals surface area (Å²) in [7, 11) is 0. The van der Waals surface area contributed by atoms with E-state index in [1.165, 1.54) is 0 Å². The van der Waals surface area contributed by atoms with Crippen LogP contribution in [0.4, 0.5) is 0 Å². The SMILES string of the molecule is CCCCC(CN)NC(=O)CCCCSC.Cl. The topological polar surface area (TPSA) is 55.1 Å². The molecular weight excluding hydrogens is 256 g/mol. The Morgan fingerprint density at radius 2 is 2.06 bits per heavy atom. The molecule has 1 atom stereocenters. The molecule has 1 amide bonds. The molecule has 0 aromatic carbocycles. The molecule has 0 aliphatic carbocycles. The summed E-state index contributed by atoms with van der Waals surface area (Å²) in [6.07, 6.45) is 8.13. The van der Waals surface area contributed by atoms with Gasteiger partial charge in [-0.3, -0.25) is 4.79 Å². The van der Waals surface area contributed by atoms with Gasteiger partial charge in [0.05, 0.1) is 0 Å². The van der Waals surface area contributed by atoms with Crippen LogP contribution in [0.25, 0.3) is 0 Å². The van der Waals surface area contributed by atoms with E-state index in [9.17, 15) is 4.79 Å². The van der Waals surface area contributed by atoms with Crippen LogP contribution in [0.3, 0.4) is 0 Å². The summed E-state index contributed by atoms with van der Waals surface area (Å²) < 4.78 is 0. The molecule has 0 aliphatic rings. The highest BCUT2D eigenvalue weighted by Gasteiger charge is 2.09. The number of unbranched alkanes of at least 4 members (excludes halogenated alkanes) is 2. The zero-order chi connectivity index (χ0) is 12.2. The fraction of sp³-hybridized carbons (Fsp3) is 0.917. The largest absolute Gasteiger partial charge is 0.352 e. The number of carbonyl (C=O) groups is 1. The van der Waals surface area contributed by atoms with Crippen LogP contribution in [0, 0.1) is 0 Å². The van der Waals surface area contributed by atoms with Crippen LogP contribution in [0.2, 0.25) is 0 Å². The summed E-state index contributed by atoms with van der Waals surface area (Å²) in [5.74, 6) is 1.30. The van der Waals surface area contributed by atoms with Crippen LogP contribution in [-0.2, 0) is 4.79 Å². The van der Waals surface area contributed by atoms with E-state index >= 15 is 0 Å². The minimum Gasteiger partial charge on any atom is -0.352 e. The minimum absolute atomic E-state index is 0. The summed E-state index contributed by atoms with van der Waals surface area (Å²) in [5, 5.41) is 3.01. The van der Waals surface area contributed by atoms with Crippen LogP contribution in [-0.4, -0.2) is 30.5 Å². The fourth-order valence-corrected chi connectivity index (χ4v) is 2.02. The number of nitrogens with two attached hydrogens (primary N) is 1. The minimum atomic E-state index is 0. The molecule has 17 heavy (non-hydrogen) atoms. The van der Waals surface area contributed by atoms with Gasteiger partial charge < -0.3 is 11.1 Å². The number of amides is 1. The summed E-state index contributed by atoms with van der Waals surface area (Å²) in [6, 6.07) is 0.174. The molecular formula is C12H27ClN2OS. The first kappa shape index (κ1) is 19.4. The van der Waals surface area contributed by atoms with Gasteiger partial charge in [0, 0.05) is 19.0 Å². The molecule has 0 aromatic rings. The predicted octanol–water partition coefficient (Wildman–Crippen LogP) is 2.58. The van der Waals surface area contributed by atoms with Gasteiger partial charge in [-0.15, -0.1) is 12.4 Å². The van der Waals surface area contributed by atoms with E-state index in [0.717, 1.165) is 37.9 Å². The van der Waals surface area contributed by atoms with Gasteiger partial charge in [0.25, 0.3) is 0 Å². The Kier molecular flexibility index (Phi) is 16.1. The van der Waals surface area contributed by atoms with Crippen molar-refractivity contribution in [2.24, 2.45) is 5.73 Å². The Bertz CT molecular complexity index is 182. The van der Waals surface area contributed by atoms with Crippen LogP contribution in [0.15, 0.2) is 0 Å². The lowest BCUT2D eigenvalue weighted by Gasteiger charge is -2.16. The second-order valence-electron chi connectivity index (χ2n) is 4.09. The van der Waals surface area contributed by atoms with Gasteiger partial charge in [0.15, 0.2) is 0 Å². The van der Waals surface area contributed by atoms with E-state index in [1.807, 2.05) is 11.8 Å². The highest BCUT2D eigenvalue weighted by atomic mass is 35.5. The number of nitrogens with one attached hydrogen (secondary N) is 1. The lowest BCUT2D eigenvalue weighted by atomic mass is 10.1. The Hall–Kier alpha value is 0.0700. The van der Waals surface area contributed by atoms with Crippen molar-refractivity contribution in [3.05, 3.63) is 0 Å². The maximum Gasteiger partial charge on any atom is 0.220 e. The number of hydrogen-bond acceptors (Lipinski definition) is 3. The summed E-state index contributed by atoms with van der Waals surface area (Å²) in [5.41, 5.74) is 5.62. The molecule has 1 unspecified atom stereocenters. The molecule has 0 saturated heterocycles. The Balaban J connectivity index is 0. The normalized spacial score (nSPS) is 11.7. The lowest BCUT2D eigenvalue weighted by Crippen LogP contribution is -2.40. The predicted molar refractivity (Wildman–Crippen MR) is 80.0 cm³/mol. The third-order valence-corrected chi connectivity index (χ3v) is 3.25. The molecule has 0 heterocycles. The van der Waals surface area contributed by atoms with Crippen molar-refractivity contribution < 1.29 is 4.79 Å². The van der Waals surface area contributed by atoms with Crippen molar-refractivity contribution >= 4 is 30.1 Å². The highest BCUT2D eigenvalue weighted by molar-refractivity contribution is 7.98. The van der Waals surface area contributed by atoms with E-state index in [4.69, 9.17) is 5.73 Å². The van der Waals surface area contributed by atoms with Gasteiger partial charge in [0.2, 0.25) is 5.91 Å². The third kappa shape index (κ3) is 12.3. The molecule has 0 fully saturated rings. The van der Waals surface area contributed by atoms with Gasteiger partial charge in [-0.2, -0.15) is 11.8 Å². The quantitative estimate of drug-likeness (QED) is 0.606. The van der Waals surface area contributed by atoms with Gasteiger partial charge in [-0.25, -0.2) is 0 Å². The van der Waals surface area contributed by atoms with Crippen molar-refractivity contribution in [3.63, 3.8) is 0 Å². The Morgan fingerprint density at radius 1 is 1.35 bits per heavy atom. The van der Waals surface area contributed by atoms with Crippen molar-refractivity contribution in [2.45, 2.75) is 51.5 Å². The van der Waals surface area contributed by atoms with E-state index in [1.54, 1.807) is 0 Å². The molecule has 3 N–H and O–H groups in total. The first-order chi connectivity index (χ1) is 7.74.